The van der Waals surface area contributed by atoms with Gasteiger partial charge in [-0.2, -0.15) is 0 Å². The molecule has 3 rings (SSSR count). The Morgan fingerprint density at radius 2 is 1.72 bits per heavy atom. The molecule has 2 aromatic carbocycles. The average Bonchev–Trinajstić information content (AvgIpc) is 3.01. The highest BCUT2D eigenvalue weighted by atomic mass is 32.1. The van der Waals surface area contributed by atoms with Crippen molar-refractivity contribution in [2.75, 3.05) is 7.05 Å². The number of phenols is 2. The molecule has 0 atom stereocenters. The third-order valence-electron chi connectivity index (χ3n) is 5.25. The minimum atomic E-state index is 0.0854. The van der Waals surface area contributed by atoms with Crippen LogP contribution in [0.5, 0.6) is 11.5 Å². The van der Waals surface area contributed by atoms with Crippen molar-refractivity contribution in [1.82, 2.24) is 9.88 Å². The number of benzene rings is 2. The molecule has 0 aliphatic heterocycles. The normalized spacial score (nSPS) is 10.2. The Labute approximate surface area is 198 Å². The van der Waals surface area contributed by atoms with E-state index in [1.165, 1.54) is 28.2 Å². The van der Waals surface area contributed by atoms with E-state index < -0.39 is 0 Å². The summed E-state index contributed by atoms with van der Waals surface area (Å²) in [6.07, 6.45) is 0.742. The molecule has 0 aliphatic rings. The Morgan fingerprint density at radius 3 is 2.19 bits per heavy atom. The van der Waals surface area contributed by atoms with E-state index in [4.69, 9.17) is 12.2 Å². The van der Waals surface area contributed by atoms with Gasteiger partial charge in [-0.3, -0.25) is 0 Å². The SMILES string of the molecule is C=C(C)c1cc(CC)c(O)cc1O.CNC(=S)C(C)C.Cc1ccc2c(c1)cc(C)n2C. The van der Waals surface area contributed by atoms with Gasteiger partial charge in [0.15, 0.2) is 0 Å². The van der Waals surface area contributed by atoms with Gasteiger partial charge in [-0.15, -0.1) is 0 Å². The number of rotatable bonds is 3. The zero-order chi connectivity index (χ0) is 24.6. The number of aromatic hydroxyl groups is 2. The van der Waals surface area contributed by atoms with Gasteiger partial charge in [0.1, 0.15) is 11.5 Å². The highest BCUT2D eigenvalue weighted by Gasteiger charge is 2.07. The first-order valence-corrected chi connectivity index (χ1v) is 11.3. The van der Waals surface area contributed by atoms with E-state index in [1.807, 2.05) is 20.9 Å². The number of thiocarbonyl (C=S) groups is 1. The van der Waals surface area contributed by atoms with Gasteiger partial charge in [-0.1, -0.05) is 51.2 Å². The summed E-state index contributed by atoms with van der Waals surface area (Å²) in [5, 5.41) is 23.1. The molecule has 0 saturated carbocycles. The zero-order valence-electron chi connectivity index (χ0n) is 20.7. The molecule has 1 aromatic heterocycles. The summed E-state index contributed by atoms with van der Waals surface area (Å²) in [6.45, 7) is 15.9. The van der Waals surface area contributed by atoms with E-state index in [0.29, 0.717) is 11.5 Å². The van der Waals surface area contributed by atoms with Gasteiger partial charge in [0.25, 0.3) is 0 Å². The summed E-state index contributed by atoms with van der Waals surface area (Å²) in [5.41, 5.74) is 6.29. The summed E-state index contributed by atoms with van der Waals surface area (Å²) < 4.78 is 2.22. The number of fused-ring (bicyclic) bond motifs is 1. The molecule has 0 saturated heterocycles. The first kappa shape index (κ1) is 27.2. The summed E-state index contributed by atoms with van der Waals surface area (Å²) >= 11 is 4.87. The molecule has 0 unspecified atom stereocenters. The monoisotopic (exact) mass is 454 g/mol. The molecule has 32 heavy (non-hydrogen) atoms. The van der Waals surface area contributed by atoms with E-state index in [-0.39, 0.29) is 11.5 Å². The topological polar surface area (TPSA) is 57.4 Å². The lowest BCUT2D eigenvalue weighted by molar-refractivity contribution is 0.445. The second-order valence-electron chi connectivity index (χ2n) is 8.31. The van der Waals surface area contributed by atoms with Gasteiger partial charge in [0.2, 0.25) is 0 Å². The Bertz CT molecular complexity index is 1080. The second-order valence-corrected chi connectivity index (χ2v) is 8.75. The smallest absolute Gasteiger partial charge is 0.126 e. The minimum absolute atomic E-state index is 0.0854. The molecule has 5 heteroatoms. The molecule has 3 N–H and O–H groups in total. The first-order valence-electron chi connectivity index (χ1n) is 10.9. The van der Waals surface area contributed by atoms with E-state index >= 15 is 0 Å². The molecule has 0 aliphatic carbocycles. The number of aromatic nitrogens is 1. The molecule has 0 fully saturated rings. The maximum Gasteiger partial charge on any atom is 0.126 e. The largest absolute Gasteiger partial charge is 0.508 e. The van der Waals surface area contributed by atoms with Crippen LogP contribution in [0.2, 0.25) is 0 Å². The van der Waals surface area contributed by atoms with Crippen molar-refractivity contribution >= 4 is 33.7 Å². The first-order chi connectivity index (χ1) is 14.9. The number of hydrogen-bond acceptors (Lipinski definition) is 3. The third kappa shape index (κ3) is 7.41. The molecule has 0 radical (unpaired) electrons. The number of allylic oxidation sites excluding steroid dienone is 1. The van der Waals surface area contributed by atoms with Gasteiger partial charge in [0.05, 0.1) is 4.99 Å². The van der Waals surface area contributed by atoms with Gasteiger partial charge in [-0.05, 0) is 62.6 Å². The van der Waals surface area contributed by atoms with Crippen LogP contribution in [0.1, 0.15) is 50.1 Å². The van der Waals surface area contributed by atoms with Crippen LogP contribution in [-0.2, 0) is 13.5 Å². The molecule has 0 spiro atoms. The van der Waals surface area contributed by atoms with E-state index in [9.17, 15) is 10.2 Å². The van der Waals surface area contributed by atoms with Crippen molar-refractivity contribution in [3.05, 3.63) is 65.4 Å². The standard InChI is InChI=1S/C11H13N.C11H14O2.C5H11NS/c1-8-4-5-11-10(6-8)7-9(2)12(11)3;1-4-8-5-9(7(2)3)11(13)6-10(8)12;1-4(2)5(7)6-3/h4-7H,1-3H3;5-6,12-13H,2,4H2,1,3H3;4H,1-3H3,(H,6,7). The van der Waals surface area contributed by atoms with Crippen LogP contribution in [0, 0.1) is 19.8 Å². The molecule has 0 amide bonds. The molecular weight excluding hydrogens is 416 g/mol. The van der Waals surface area contributed by atoms with E-state index in [2.05, 4.69) is 75.5 Å². The Kier molecular flexibility index (Phi) is 10.5. The fraction of sp³-hybridized carbons (Fsp3) is 0.370. The van der Waals surface area contributed by atoms with Gasteiger partial charge in [0, 0.05) is 48.2 Å². The van der Waals surface area contributed by atoms with Crippen LogP contribution in [-0.4, -0.2) is 26.8 Å². The van der Waals surface area contributed by atoms with Crippen LogP contribution < -0.4 is 5.32 Å². The van der Waals surface area contributed by atoms with Crippen LogP contribution in [0.15, 0.2) is 43.0 Å². The van der Waals surface area contributed by atoms with Crippen molar-refractivity contribution in [2.45, 2.75) is 48.0 Å². The lowest BCUT2D eigenvalue weighted by atomic mass is 10.0. The molecule has 4 nitrogen and oxygen atoms in total. The quantitative estimate of drug-likeness (QED) is 0.387. The predicted molar refractivity (Wildman–Crippen MR) is 143 cm³/mol. The molecule has 0 bridgehead atoms. The van der Waals surface area contributed by atoms with Crippen LogP contribution in [0.3, 0.4) is 0 Å². The zero-order valence-corrected chi connectivity index (χ0v) is 21.5. The fourth-order valence-corrected chi connectivity index (χ4v) is 3.14. The van der Waals surface area contributed by atoms with E-state index in [0.717, 1.165) is 22.5 Å². The Hall–Kier alpha value is -2.79. The second kappa shape index (κ2) is 12.3. The van der Waals surface area contributed by atoms with Crippen LogP contribution >= 0.6 is 12.2 Å². The van der Waals surface area contributed by atoms with Crippen molar-refractivity contribution in [3.8, 4) is 11.5 Å². The number of hydrogen-bond donors (Lipinski definition) is 3. The highest BCUT2D eigenvalue weighted by Crippen LogP contribution is 2.31. The number of phenolic OH excluding ortho intramolecular Hbond substituents is 2. The summed E-state index contributed by atoms with van der Waals surface area (Å²) in [4.78, 5) is 0.931. The van der Waals surface area contributed by atoms with Gasteiger partial charge >= 0.3 is 0 Å². The molecular formula is C27H38N2O2S. The molecule has 3 aromatic rings. The van der Waals surface area contributed by atoms with Crippen molar-refractivity contribution < 1.29 is 10.2 Å². The third-order valence-corrected chi connectivity index (χ3v) is 5.92. The number of nitrogens with zero attached hydrogens (tertiary/aromatic N) is 1. The van der Waals surface area contributed by atoms with Crippen molar-refractivity contribution in [3.63, 3.8) is 0 Å². The highest BCUT2D eigenvalue weighted by molar-refractivity contribution is 7.80. The lowest BCUT2D eigenvalue weighted by Crippen LogP contribution is -2.20. The predicted octanol–water partition coefficient (Wildman–Crippen LogP) is 6.68. The average molecular weight is 455 g/mol. The van der Waals surface area contributed by atoms with Crippen molar-refractivity contribution in [1.29, 1.82) is 0 Å². The number of aryl methyl sites for hydroxylation is 4. The van der Waals surface area contributed by atoms with Gasteiger partial charge in [-0.25, -0.2) is 0 Å². The summed E-state index contributed by atoms with van der Waals surface area (Å²) in [5.74, 6) is 0.715. The maximum atomic E-state index is 9.46. The lowest BCUT2D eigenvalue weighted by Gasteiger charge is -2.08. The Morgan fingerprint density at radius 1 is 1.09 bits per heavy atom. The van der Waals surface area contributed by atoms with E-state index in [1.54, 1.807) is 6.07 Å². The minimum Gasteiger partial charge on any atom is -0.508 e. The summed E-state index contributed by atoms with van der Waals surface area (Å²) in [6, 6.07) is 11.9. The van der Waals surface area contributed by atoms with Crippen LogP contribution in [0.25, 0.3) is 16.5 Å². The summed E-state index contributed by atoms with van der Waals surface area (Å²) in [7, 11) is 3.95. The number of nitrogens with one attached hydrogen (secondary N) is 1. The Balaban J connectivity index is 0.000000252. The molecule has 174 valence electrons. The van der Waals surface area contributed by atoms with Gasteiger partial charge < -0.3 is 20.1 Å². The van der Waals surface area contributed by atoms with Crippen molar-refractivity contribution in [2.24, 2.45) is 13.0 Å². The fourth-order valence-electron chi connectivity index (χ4n) is 3.14. The maximum absolute atomic E-state index is 9.46. The van der Waals surface area contributed by atoms with Crippen LogP contribution in [0.4, 0.5) is 0 Å². The molecule has 1 heterocycles.